The number of hydrogen-bond donors (Lipinski definition) is 1. The van der Waals surface area contributed by atoms with Gasteiger partial charge in [0, 0.05) is 24.8 Å². The lowest BCUT2D eigenvalue weighted by atomic mass is 10.1. The summed E-state index contributed by atoms with van der Waals surface area (Å²) in [6.07, 6.45) is 3.72. The summed E-state index contributed by atoms with van der Waals surface area (Å²) in [4.78, 5) is 2.53. The topological polar surface area (TPSA) is 15.3 Å². The SMILES string of the molecule is CCCCN(c1ccc(CNC)cc1)C(C)CC. The van der Waals surface area contributed by atoms with Crippen molar-refractivity contribution >= 4 is 5.69 Å². The van der Waals surface area contributed by atoms with Crippen LogP contribution in [0.25, 0.3) is 0 Å². The lowest BCUT2D eigenvalue weighted by molar-refractivity contribution is 0.595. The summed E-state index contributed by atoms with van der Waals surface area (Å²) >= 11 is 0. The van der Waals surface area contributed by atoms with E-state index in [0.717, 1.165) is 13.1 Å². The van der Waals surface area contributed by atoms with Gasteiger partial charge in [-0.15, -0.1) is 0 Å². The van der Waals surface area contributed by atoms with Crippen molar-refractivity contribution < 1.29 is 0 Å². The van der Waals surface area contributed by atoms with Gasteiger partial charge < -0.3 is 10.2 Å². The van der Waals surface area contributed by atoms with Gasteiger partial charge in [0.2, 0.25) is 0 Å². The lowest BCUT2D eigenvalue weighted by Gasteiger charge is -2.31. The van der Waals surface area contributed by atoms with E-state index in [1.807, 2.05) is 7.05 Å². The van der Waals surface area contributed by atoms with E-state index < -0.39 is 0 Å². The van der Waals surface area contributed by atoms with Crippen LogP contribution >= 0.6 is 0 Å². The number of unbranched alkanes of at least 4 members (excludes halogenated alkanes) is 1. The number of rotatable bonds is 8. The Hall–Kier alpha value is -1.02. The fourth-order valence-corrected chi connectivity index (χ4v) is 2.16. The molecule has 2 heteroatoms. The molecule has 0 aliphatic carbocycles. The smallest absolute Gasteiger partial charge is 0.0368 e. The average Bonchev–Trinajstić information content (AvgIpc) is 2.41. The first-order valence-corrected chi connectivity index (χ1v) is 7.23. The zero-order valence-electron chi connectivity index (χ0n) is 12.4. The minimum atomic E-state index is 0.617. The van der Waals surface area contributed by atoms with Crippen molar-refractivity contribution in [2.24, 2.45) is 0 Å². The maximum absolute atomic E-state index is 3.19. The van der Waals surface area contributed by atoms with Crippen LogP contribution in [0.4, 0.5) is 5.69 Å². The van der Waals surface area contributed by atoms with E-state index >= 15 is 0 Å². The maximum Gasteiger partial charge on any atom is 0.0368 e. The van der Waals surface area contributed by atoms with E-state index in [-0.39, 0.29) is 0 Å². The van der Waals surface area contributed by atoms with Crippen LogP contribution in [-0.2, 0) is 6.54 Å². The summed E-state index contributed by atoms with van der Waals surface area (Å²) in [7, 11) is 1.99. The fourth-order valence-electron chi connectivity index (χ4n) is 2.16. The van der Waals surface area contributed by atoms with Crippen molar-refractivity contribution in [3.8, 4) is 0 Å². The van der Waals surface area contributed by atoms with Crippen molar-refractivity contribution in [1.82, 2.24) is 5.32 Å². The Kier molecular flexibility index (Phi) is 6.81. The first kappa shape index (κ1) is 15.0. The largest absolute Gasteiger partial charge is 0.369 e. The molecule has 0 bridgehead atoms. The highest BCUT2D eigenvalue weighted by atomic mass is 15.2. The number of anilines is 1. The Morgan fingerprint density at radius 1 is 1.17 bits per heavy atom. The van der Waals surface area contributed by atoms with Crippen LogP contribution in [0, 0.1) is 0 Å². The first-order valence-electron chi connectivity index (χ1n) is 7.23. The molecular formula is C16H28N2. The normalized spacial score (nSPS) is 12.4. The Morgan fingerprint density at radius 2 is 1.83 bits per heavy atom. The summed E-state index contributed by atoms with van der Waals surface area (Å²) in [5, 5.41) is 3.19. The van der Waals surface area contributed by atoms with Gasteiger partial charge in [-0.05, 0) is 44.5 Å². The molecule has 1 unspecified atom stereocenters. The second-order valence-electron chi connectivity index (χ2n) is 5.00. The third kappa shape index (κ3) is 4.34. The van der Waals surface area contributed by atoms with E-state index in [0.29, 0.717) is 6.04 Å². The summed E-state index contributed by atoms with van der Waals surface area (Å²) in [6.45, 7) is 8.94. The predicted molar refractivity (Wildman–Crippen MR) is 81.2 cm³/mol. The molecule has 0 fully saturated rings. The molecule has 102 valence electrons. The van der Waals surface area contributed by atoms with E-state index in [1.165, 1.54) is 30.5 Å². The average molecular weight is 248 g/mol. The zero-order chi connectivity index (χ0) is 13.4. The van der Waals surface area contributed by atoms with Crippen molar-refractivity contribution in [1.29, 1.82) is 0 Å². The maximum atomic E-state index is 3.19. The standard InChI is InChI=1S/C16H28N2/c1-5-7-12-18(14(3)6-2)16-10-8-15(9-11-16)13-17-4/h8-11,14,17H,5-7,12-13H2,1-4H3. The van der Waals surface area contributed by atoms with E-state index in [1.54, 1.807) is 0 Å². The van der Waals surface area contributed by atoms with Gasteiger partial charge in [0.15, 0.2) is 0 Å². The van der Waals surface area contributed by atoms with Crippen LogP contribution in [0.2, 0.25) is 0 Å². The first-order chi connectivity index (χ1) is 8.72. The highest BCUT2D eigenvalue weighted by molar-refractivity contribution is 5.48. The van der Waals surface area contributed by atoms with Gasteiger partial charge in [0.05, 0.1) is 0 Å². The number of hydrogen-bond acceptors (Lipinski definition) is 2. The van der Waals surface area contributed by atoms with Gasteiger partial charge >= 0.3 is 0 Å². The molecule has 0 amide bonds. The van der Waals surface area contributed by atoms with E-state index in [2.05, 4.69) is 55.3 Å². The molecule has 2 nitrogen and oxygen atoms in total. The van der Waals surface area contributed by atoms with Gasteiger partial charge in [-0.3, -0.25) is 0 Å². The van der Waals surface area contributed by atoms with Crippen molar-refractivity contribution in [2.75, 3.05) is 18.5 Å². The lowest BCUT2D eigenvalue weighted by Crippen LogP contribution is -2.33. The highest BCUT2D eigenvalue weighted by Crippen LogP contribution is 2.20. The van der Waals surface area contributed by atoms with Crippen molar-refractivity contribution in [3.05, 3.63) is 29.8 Å². The molecule has 1 aromatic carbocycles. The molecule has 0 aliphatic heterocycles. The molecule has 1 rings (SSSR count). The summed E-state index contributed by atoms with van der Waals surface area (Å²) in [5.74, 6) is 0. The molecule has 0 spiro atoms. The van der Waals surface area contributed by atoms with E-state index in [4.69, 9.17) is 0 Å². The van der Waals surface area contributed by atoms with E-state index in [9.17, 15) is 0 Å². The number of nitrogens with one attached hydrogen (secondary N) is 1. The Labute approximate surface area is 112 Å². The van der Waals surface area contributed by atoms with Crippen LogP contribution in [0.15, 0.2) is 24.3 Å². The van der Waals surface area contributed by atoms with Gasteiger partial charge in [0.1, 0.15) is 0 Å². The molecule has 1 atom stereocenters. The van der Waals surface area contributed by atoms with Crippen LogP contribution in [0.1, 0.15) is 45.6 Å². The van der Waals surface area contributed by atoms with Gasteiger partial charge in [0.25, 0.3) is 0 Å². The van der Waals surface area contributed by atoms with Gasteiger partial charge in [-0.1, -0.05) is 32.4 Å². The molecule has 0 heterocycles. The molecule has 0 aliphatic rings. The number of benzene rings is 1. The van der Waals surface area contributed by atoms with Crippen LogP contribution in [0.5, 0.6) is 0 Å². The minimum absolute atomic E-state index is 0.617. The minimum Gasteiger partial charge on any atom is -0.369 e. The third-order valence-electron chi connectivity index (χ3n) is 3.52. The summed E-state index contributed by atoms with van der Waals surface area (Å²) in [5.41, 5.74) is 2.71. The second kappa shape index (κ2) is 8.15. The zero-order valence-corrected chi connectivity index (χ0v) is 12.4. The third-order valence-corrected chi connectivity index (χ3v) is 3.52. The molecule has 1 N–H and O–H groups in total. The molecular weight excluding hydrogens is 220 g/mol. The Bertz CT molecular complexity index is 318. The number of nitrogens with zero attached hydrogens (tertiary/aromatic N) is 1. The monoisotopic (exact) mass is 248 g/mol. The van der Waals surface area contributed by atoms with Gasteiger partial charge in [-0.2, -0.15) is 0 Å². The molecule has 0 aromatic heterocycles. The van der Waals surface area contributed by atoms with Crippen molar-refractivity contribution in [3.63, 3.8) is 0 Å². The molecule has 0 saturated heterocycles. The predicted octanol–water partition coefficient (Wildman–Crippen LogP) is 3.81. The highest BCUT2D eigenvalue weighted by Gasteiger charge is 2.12. The Balaban J connectivity index is 2.77. The molecule has 0 radical (unpaired) electrons. The quantitative estimate of drug-likeness (QED) is 0.752. The molecule has 1 aromatic rings. The van der Waals surface area contributed by atoms with Crippen LogP contribution in [-0.4, -0.2) is 19.6 Å². The summed E-state index contributed by atoms with van der Waals surface area (Å²) in [6, 6.07) is 9.59. The molecule has 0 saturated carbocycles. The van der Waals surface area contributed by atoms with Crippen LogP contribution in [0.3, 0.4) is 0 Å². The molecule has 18 heavy (non-hydrogen) atoms. The second-order valence-corrected chi connectivity index (χ2v) is 5.00. The fraction of sp³-hybridized carbons (Fsp3) is 0.625. The summed E-state index contributed by atoms with van der Waals surface area (Å²) < 4.78 is 0. The van der Waals surface area contributed by atoms with Crippen LogP contribution < -0.4 is 10.2 Å². The van der Waals surface area contributed by atoms with Gasteiger partial charge in [-0.25, -0.2) is 0 Å². The Morgan fingerprint density at radius 3 is 2.33 bits per heavy atom. The van der Waals surface area contributed by atoms with Crippen molar-refractivity contribution in [2.45, 2.75) is 52.6 Å².